The van der Waals surface area contributed by atoms with Crippen LogP contribution >= 0.6 is 0 Å². The lowest BCUT2D eigenvalue weighted by atomic mass is 10.1. The molecular weight excluding hydrogens is 333 g/mol. The first kappa shape index (κ1) is 30.5. The Bertz CT molecular complexity index is 172. The molecule has 0 aliphatic carbocycles. The van der Waals surface area contributed by atoms with E-state index in [-0.39, 0.29) is 0 Å². The van der Waals surface area contributed by atoms with Crippen molar-refractivity contribution in [2.24, 2.45) is 0 Å². The first-order valence-corrected chi connectivity index (χ1v) is 6.02. The smallest absolute Gasteiger partial charge is 0.398 e. The Morgan fingerprint density at radius 2 is 0.739 bits per heavy atom. The average molecular weight is 354 g/mol. The number of likely N-dealkylation sites (tertiary alicyclic amines) is 1. The molecule has 1 fully saturated rings. The van der Waals surface area contributed by atoms with Gasteiger partial charge >= 0.3 is 29.6 Å². The van der Waals surface area contributed by atoms with Crippen LogP contribution in [-0.2, 0) is 0 Å². The van der Waals surface area contributed by atoms with Gasteiger partial charge in [0.15, 0.2) is 0 Å². The van der Waals surface area contributed by atoms with Crippen LogP contribution in [0.15, 0.2) is 0 Å². The molecular formula is C6H21B4F4NO8. The number of halogens is 4. The number of hydrogen-bond acceptors (Lipinski definition) is 9. The van der Waals surface area contributed by atoms with Gasteiger partial charge in [-0.05, 0) is 33.0 Å². The highest BCUT2D eigenvalue weighted by Gasteiger charge is 2.02. The van der Waals surface area contributed by atoms with E-state index in [2.05, 4.69) is 11.9 Å². The zero-order valence-electron chi connectivity index (χ0n) is 12.4. The van der Waals surface area contributed by atoms with Crippen molar-refractivity contribution < 1.29 is 57.5 Å². The zero-order valence-corrected chi connectivity index (χ0v) is 12.4. The third kappa shape index (κ3) is 143. The van der Waals surface area contributed by atoms with E-state index in [0.29, 0.717) is 0 Å². The summed E-state index contributed by atoms with van der Waals surface area (Å²) in [5, 5.41) is 55.6. The predicted octanol–water partition coefficient (Wildman–Crippen LogP) is -3.20. The number of nitrogens with zero attached hydrogens (tertiary/aromatic N) is 1. The summed E-state index contributed by atoms with van der Waals surface area (Å²) in [5.74, 6) is 0. The van der Waals surface area contributed by atoms with Crippen LogP contribution in [0.3, 0.4) is 0 Å². The number of rotatable bonds is 0. The molecule has 0 spiro atoms. The fraction of sp³-hybridized carbons (Fsp3) is 1.00. The van der Waals surface area contributed by atoms with Crippen molar-refractivity contribution in [2.75, 3.05) is 20.1 Å². The van der Waals surface area contributed by atoms with Crippen molar-refractivity contribution in [3.63, 3.8) is 0 Å². The molecule has 0 aromatic heterocycles. The van der Waals surface area contributed by atoms with E-state index in [0.717, 1.165) is 0 Å². The molecule has 138 valence electrons. The molecule has 9 nitrogen and oxygen atoms in total. The van der Waals surface area contributed by atoms with Gasteiger partial charge in [0.25, 0.3) is 0 Å². The van der Waals surface area contributed by atoms with Crippen LogP contribution in [0.25, 0.3) is 0 Å². The van der Waals surface area contributed by atoms with Gasteiger partial charge in [-0.15, -0.1) is 0 Å². The second-order valence-corrected chi connectivity index (χ2v) is 3.61. The third-order valence-electron chi connectivity index (χ3n) is 1.58. The molecule has 1 aliphatic heterocycles. The molecule has 0 unspecified atom stereocenters. The minimum atomic E-state index is -2.67. The number of piperidine rings is 1. The number of hydrogen-bond donors (Lipinski definition) is 8. The summed E-state index contributed by atoms with van der Waals surface area (Å²) in [6, 6.07) is 0. The second-order valence-electron chi connectivity index (χ2n) is 3.61. The molecule has 1 heterocycles. The molecule has 0 amide bonds. The quantitative estimate of drug-likeness (QED) is 0.165. The Kier molecular flexibility index (Phi) is 31.7. The Labute approximate surface area is 132 Å². The standard InChI is InChI=1S/C6H13N.4BFH2O2/c1-7-5-3-2-4-6-7;4*2-1(3)4/h2-6H2,1H3;4*3-4H. The van der Waals surface area contributed by atoms with Gasteiger partial charge < -0.3 is 45.1 Å². The molecule has 0 bridgehead atoms. The van der Waals surface area contributed by atoms with Crippen LogP contribution in [0.1, 0.15) is 19.3 Å². The van der Waals surface area contributed by atoms with Crippen LogP contribution in [0.2, 0.25) is 0 Å². The highest BCUT2D eigenvalue weighted by Crippen LogP contribution is 2.04. The van der Waals surface area contributed by atoms with Gasteiger partial charge in [-0.25, -0.2) is 0 Å². The Balaban J connectivity index is -0.000000102. The minimum absolute atomic E-state index is 1.32. The summed E-state index contributed by atoms with van der Waals surface area (Å²) in [6.07, 6.45) is 4.28. The first-order valence-electron chi connectivity index (χ1n) is 6.02. The van der Waals surface area contributed by atoms with Gasteiger partial charge in [0.05, 0.1) is 0 Å². The minimum Gasteiger partial charge on any atom is -0.398 e. The molecule has 0 aromatic rings. The Morgan fingerprint density at radius 1 is 0.565 bits per heavy atom. The van der Waals surface area contributed by atoms with Crippen molar-refractivity contribution in [3.8, 4) is 0 Å². The monoisotopic (exact) mass is 355 g/mol. The molecule has 8 N–H and O–H groups in total. The van der Waals surface area contributed by atoms with Crippen molar-refractivity contribution in [2.45, 2.75) is 19.3 Å². The maximum absolute atomic E-state index is 10.1. The molecule has 1 rings (SSSR count). The van der Waals surface area contributed by atoms with Gasteiger partial charge in [0.1, 0.15) is 0 Å². The van der Waals surface area contributed by atoms with Crippen LogP contribution in [-0.4, -0.2) is 94.8 Å². The lowest BCUT2D eigenvalue weighted by Gasteiger charge is -2.20. The van der Waals surface area contributed by atoms with Crippen LogP contribution in [0.5, 0.6) is 0 Å². The van der Waals surface area contributed by atoms with Crippen molar-refractivity contribution in [3.05, 3.63) is 0 Å². The fourth-order valence-corrected chi connectivity index (χ4v) is 1.05. The van der Waals surface area contributed by atoms with Crippen LogP contribution < -0.4 is 0 Å². The van der Waals surface area contributed by atoms with E-state index in [1.165, 1.54) is 32.4 Å². The molecule has 1 saturated heterocycles. The molecule has 0 radical (unpaired) electrons. The topological polar surface area (TPSA) is 165 Å². The van der Waals surface area contributed by atoms with Crippen LogP contribution in [0.4, 0.5) is 17.3 Å². The van der Waals surface area contributed by atoms with Crippen molar-refractivity contribution >= 4 is 29.6 Å². The zero-order chi connectivity index (χ0) is 19.4. The highest BCUT2D eigenvalue weighted by molar-refractivity contribution is 6.32. The summed E-state index contributed by atoms with van der Waals surface area (Å²) in [4.78, 5) is 2.39. The van der Waals surface area contributed by atoms with Gasteiger partial charge in [0, 0.05) is 0 Å². The van der Waals surface area contributed by atoms with E-state index >= 15 is 0 Å². The summed E-state index contributed by atoms with van der Waals surface area (Å²) >= 11 is 0. The van der Waals surface area contributed by atoms with E-state index in [1.807, 2.05) is 0 Å². The fourth-order valence-electron chi connectivity index (χ4n) is 1.05. The van der Waals surface area contributed by atoms with E-state index in [9.17, 15) is 17.3 Å². The SMILES string of the molecule is CN1CCCCC1.OB(O)F.OB(O)F.OB(O)F.OB(O)F. The van der Waals surface area contributed by atoms with Gasteiger partial charge in [-0.2, -0.15) is 0 Å². The maximum Gasteiger partial charge on any atom is 0.674 e. The third-order valence-corrected chi connectivity index (χ3v) is 1.58. The molecule has 0 saturated carbocycles. The second kappa shape index (κ2) is 23.9. The van der Waals surface area contributed by atoms with E-state index in [1.54, 1.807) is 0 Å². The van der Waals surface area contributed by atoms with Gasteiger partial charge in [-0.3, -0.25) is 17.3 Å². The summed E-state index contributed by atoms with van der Waals surface area (Å²) in [7, 11) is -8.47. The Hall–Kier alpha value is -0.380. The molecule has 23 heavy (non-hydrogen) atoms. The van der Waals surface area contributed by atoms with E-state index < -0.39 is 29.6 Å². The van der Waals surface area contributed by atoms with E-state index in [4.69, 9.17) is 40.2 Å². The molecule has 17 heteroatoms. The normalized spacial score (nSPS) is 12.4. The highest BCUT2D eigenvalue weighted by atomic mass is 19.1. The summed E-state index contributed by atoms with van der Waals surface area (Å²) < 4.78 is 40.4. The van der Waals surface area contributed by atoms with Crippen molar-refractivity contribution in [1.29, 1.82) is 0 Å². The summed E-state index contributed by atoms with van der Waals surface area (Å²) in [6.45, 7) is 2.64. The molecule has 0 aromatic carbocycles. The predicted molar refractivity (Wildman–Crippen MR) is 76.5 cm³/mol. The Morgan fingerprint density at radius 3 is 0.826 bits per heavy atom. The summed E-state index contributed by atoms with van der Waals surface area (Å²) in [5.41, 5.74) is 0. The lowest BCUT2D eigenvalue weighted by molar-refractivity contribution is 0.277. The van der Waals surface area contributed by atoms with Crippen LogP contribution in [0, 0.1) is 0 Å². The molecule has 0 atom stereocenters. The van der Waals surface area contributed by atoms with Gasteiger partial charge in [-0.1, -0.05) is 6.42 Å². The first-order chi connectivity index (χ1) is 10.3. The maximum atomic E-state index is 10.1. The van der Waals surface area contributed by atoms with Gasteiger partial charge in [0.2, 0.25) is 0 Å². The molecule has 1 aliphatic rings. The average Bonchev–Trinajstić information content (AvgIpc) is 2.26. The largest absolute Gasteiger partial charge is 0.674 e. The van der Waals surface area contributed by atoms with Crippen molar-refractivity contribution in [1.82, 2.24) is 4.90 Å². The lowest BCUT2D eigenvalue weighted by Crippen LogP contribution is -2.24.